The Kier molecular flexibility index (Phi) is 4.97. The summed E-state index contributed by atoms with van der Waals surface area (Å²) in [5.41, 5.74) is 0.804. The highest BCUT2D eigenvalue weighted by atomic mass is 35.5. The van der Waals surface area contributed by atoms with E-state index in [1.54, 1.807) is 12.1 Å². The van der Waals surface area contributed by atoms with Gasteiger partial charge in [0.2, 0.25) is 0 Å². The van der Waals surface area contributed by atoms with Crippen LogP contribution in [0.15, 0.2) is 29.2 Å². The molecule has 1 heterocycles. The fraction of sp³-hybridized carbons (Fsp3) is 0.600. The van der Waals surface area contributed by atoms with Crippen molar-refractivity contribution >= 4 is 27.1 Å². The first-order chi connectivity index (χ1) is 9.45. The second kappa shape index (κ2) is 6.35. The van der Waals surface area contributed by atoms with Gasteiger partial charge in [-0.1, -0.05) is 26.0 Å². The van der Waals surface area contributed by atoms with Crippen molar-refractivity contribution in [3.63, 3.8) is 0 Å². The molecule has 2 rings (SSSR count). The van der Waals surface area contributed by atoms with Crippen LogP contribution in [-0.2, 0) is 9.84 Å². The summed E-state index contributed by atoms with van der Waals surface area (Å²) in [6.45, 7) is 5.61. The second-order valence-corrected chi connectivity index (χ2v) is 8.15. The lowest BCUT2D eigenvalue weighted by Gasteiger charge is -2.36. The van der Waals surface area contributed by atoms with Crippen LogP contribution in [0, 0.1) is 5.92 Å². The Hall–Kier alpha value is -0.740. The van der Waals surface area contributed by atoms with Gasteiger partial charge in [-0.2, -0.15) is 0 Å². The van der Waals surface area contributed by atoms with Gasteiger partial charge >= 0.3 is 0 Å². The molecule has 0 saturated carbocycles. The number of halogens is 1. The first-order valence-corrected chi connectivity index (χ1v) is 9.25. The molecule has 20 heavy (non-hydrogen) atoms. The van der Waals surface area contributed by atoms with Gasteiger partial charge in [0.1, 0.15) is 0 Å². The molecule has 5 heteroatoms. The van der Waals surface area contributed by atoms with Gasteiger partial charge in [-0.15, -0.1) is 11.6 Å². The van der Waals surface area contributed by atoms with Crippen molar-refractivity contribution in [2.75, 3.05) is 23.7 Å². The second-order valence-electron chi connectivity index (χ2n) is 5.51. The number of piperidine rings is 1. The van der Waals surface area contributed by atoms with Crippen LogP contribution in [0.2, 0.25) is 0 Å². The van der Waals surface area contributed by atoms with Crippen LogP contribution in [0.5, 0.6) is 0 Å². The quantitative estimate of drug-likeness (QED) is 0.800. The van der Waals surface area contributed by atoms with Crippen molar-refractivity contribution in [1.82, 2.24) is 0 Å². The van der Waals surface area contributed by atoms with E-state index in [0.29, 0.717) is 23.8 Å². The molecule has 1 saturated heterocycles. The summed E-state index contributed by atoms with van der Waals surface area (Å²) in [5.74, 6) is 0.672. The molecular weight excluding hydrogens is 294 g/mol. The van der Waals surface area contributed by atoms with Crippen molar-refractivity contribution in [3.8, 4) is 0 Å². The molecule has 112 valence electrons. The topological polar surface area (TPSA) is 37.4 Å². The largest absolute Gasteiger partial charge is 0.369 e. The number of sulfone groups is 1. The molecule has 0 N–H and O–H groups in total. The molecule has 1 aromatic carbocycles. The predicted molar refractivity (Wildman–Crippen MR) is 84.4 cm³/mol. The van der Waals surface area contributed by atoms with Crippen LogP contribution in [-0.4, -0.2) is 32.6 Å². The van der Waals surface area contributed by atoms with Crippen LogP contribution in [0.4, 0.5) is 5.69 Å². The molecule has 3 nitrogen and oxygen atoms in total. The van der Waals surface area contributed by atoms with E-state index < -0.39 is 9.84 Å². The average molecular weight is 316 g/mol. The Morgan fingerprint density at radius 3 is 2.70 bits per heavy atom. The molecule has 0 amide bonds. The third kappa shape index (κ3) is 3.29. The summed E-state index contributed by atoms with van der Waals surface area (Å²) in [6.07, 6.45) is 1.63. The van der Waals surface area contributed by atoms with Crippen LogP contribution in [0.25, 0.3) is 0 Å². The Bertz CT molecular complexity index is 559. The Morgan fingerprint density at radius 1 is 1.35 bits per heavy atom. The molecular formula is C15H22ClNO2S. The van der Waals surface area contributed by atoms with Crippen LogP contribution in [0.3, 0.4) is 0 Å². The van der Waals surface area contributed by atoms with E-state index in [2.05, 4.69) is 11.8 Å². The lowest BCUT2D eigenvalue weighted by Crippen LogP contribution is -2.41. The maximum atomic E-state index is 12.4. The monoisotopic (exact) mass is 315 g/mol. The van der Waals surface area contributed by atoms with Crippen molar-refractivity contribution in [1.29, 1.82) is 0 Å². The molecule has 1 aliphatic rings. The summed E-state index contributed by atoms with van der Waals surface area (Å²) in [6, 6.07) is 7.28. The Morgan fingerprint density at radius 2 is 2.05 bits per heavy atom. The number of rotatable bonds is 4. The molecule has 1 aromatic rings. The normalized spacial score (nSPS) is 23.9. The fourth-order valence-corrected chi connectivity index (χ4v) is 4.45. The van der Waals surface area contributed by atoms with Gasteiger partial charge in [-0.05, 0) is 30.9 Å². The number of benzene rings is 1. The van der Waals surface area contributed by atoms with E-state index in [1.807, 2.05) is 19.1 Å². The van der Waals surface area contributed by atoms with Crippen molar-refractivity contribution in [2.45, 2.75) is 37.0 Å². The van der Waals surface area contributed by atoms with Gasteiger partial charge in [-0.3, -0.25) is 0 Å². The van der Waals surface area contributed by atoms with E-state index in [-0.39, 0.29) is 11.1 Å². The fourth-order valence-electron chi connectivity index (χ4n) is 2.60. The van der Waals surface area contributed by atoms with Crippen molar-refractivity contribution in [3.05, 3.63) is 24.3 Å². The maximum Gasteiger partial charge on any atom is 0.180 e. The molecule has 1 aliphatic heterocycles. The molecule has 0 aromatic heterocycles. The van der Waals surface area contributed by atoms with Crippen LogP contribution >= 0.6 is 11.6 Å². The number of nitrogens with zero attached hydrogens (tertiary/aromatic N) is 1. The molecule has 0 bridgehead atoms. The van der Waals surface area contributed by atoms with E-state index >= 15 is 0 Å². The predicted octanol–water partition coefficient (Wildman–Crippen LogP) is 3.32. The molecule has 0 spiro atoms. The number of hydrogen-bond acceptors (Lipinski definition) is 3. The highest BCUT2D eigenvalue weighted by molar-refractivity contribution is 7.91. The lowest BCUT2D eigenvalue weighted by molar-refractivity contribution is 0.444. The zero-order valence-electron chi connectivity index (χ0n) is 12.0. The van der Waals surface area contributed by atoms with E-state index in [9.17, 15) is 8.42 Å². The van der Waals surface area contributed by atoms with Crippen LogP contribution < -0.4 is 4.90 Å². The van der Waals surface area contributed by atoms with Gasteiger partial charge in [0, 0.05) is 13.1 Å². The van der Waals surface area contributed by atoms with Crippen molar-refractivity contribution in [2.24, 2.45) is 5.92 Å². The van der Waals surface area contributed by atoms with Crippen LogP contribution in [0.1, 0.15) is 26.7 Å². The smallest absolute Gasteiger partial charge is 0.180 e. The first-order valence-electron chi connectivity index (χ1n) is 7.16. The van der Waals surface area contributed by atoms with Gasteiger partial charge in [0.05, 0.1) is 21.7 Å². The molecule has 0 radical (unpaired) electrons. The minimum atomic E-state index is -3.21. The molecule has 2 unspecified atom stereocenters. The first kappa shape index (κ1) is 15.6. The SMILES string of the molecule is CCCS(=O)(=O)c1ccccc1N1CCC(C)C(Cl)C1. The van der Waals surface area contributed by atoms with E-state index in [1.165, 1.54) is 0 Å². The summed E-state index contributed by atoms with van der Waals surface area (Å²) in [7, 11) is -3.21. The minimum absolute atomic E-state index is 0.0747. The van der Waals surface area contributed by atoms with Gasteiger partial charge in [0.25, 0.3) is 0 Å². The van der Waals surface area contributed by atoms with Gasteiger partial charge in [0.15, 0.2) is 9.84 Å². The summed E-state index contributed by atoms with van der Waals surface area (Å²) < 4.78 is 24.8. The summed E-state index contributed by atoms with van der Waals surface area (Å²) >= 11 is 6.35. The van der Waals surface area contributed by atoms with E-state index in [4.69, 9.17) is 11.6 Å². The van der Waals surface area contributed by atoms with Gasteiger partial charge in [-0.25, -0.2) is 8.42 Å². The number of hydrogen-bond donors (Lipinski definition) is 0. The van der Waals surface area contributed by atoms with Gasteiger partial charge < -0.3 is 4.90 Å². The minimum Gasteiger partial charge on any atom is -0.369 e. The molecule has 0 aliphatic carbocycles. The zero-order chi connectivity index (χ0) is 14.8. The zero-order valence-corrected chi connectivity index (χ0v) is 13.6. The summed E-state index contributed by atoms with van der Waals surface area (Å²) in [5, 5.41) is 0.0747. The number of para-hydroxylation sites is 1. The van der Waals surface area contributed by atoms with Crippen molar-refractivity contribution < 1.29 is 8.42 Å². The number of anilines is 1. The molecule has 2 atom stereocenters. The van der Waals surface area contributed by atoms with E-state index in [0.717, 1.165) is 18.7 Å². The Labute approximate surface area is 126 Å². The maximum absolute atomic E-state index is 12.4. The Balaban J connectivity index is 2.34. The molecule has 1 fully saturated rings. The average Bonchev–Trinajstić information content (AvgIpc) is 2.42. The highest BCUT2D eigenvalue weighted by Crippen LogP contribution is 2.31. The number of alkyl halides is 1. The third-order valence-electron chi connectivity index (χ3n) is 3.88. The lowest BCUT2D eigenvalue weighted by atomic mass is 9.98. The highest BCUT2D eigenvalue weighted by Gasteiger charge is 2.28. The third-order valence-corrected chi connectivity index (χ3v) is 6.41. The summed E-state index contributed by atoms with van der Waals surface area (Å²) in [4.78, 5) is 2.56. The standard InChI is InChI=1S/C15H22ClNO2S/c1-3-10-20(18,19)15-7-5-4-6-14(15)17-9-8-12(2)13(16)11-17/h4-7,12-13H,3,8-11H2,1-2H3.